The number of rotatable bonds is 11. The Hall–Kier alpha value is -5.44. The molecule has 0 unspecified atom stereocenters. The number of carbonyl (C=O) groups excluding carboxylic acids is 1. The van der Waals surface area contributed by atoms with E-state index in [1.807, 2.05) is 25.1 Å². The average Bonchev–Trinajstić information content (AvgIpc) is 3.69. The van der Waals surface area contributed by atoms with Gasteiger partial charge in [0.2, 0.25) is 0 Å². The molecule has 15 heteroatoms. The van der Waals surface area contributed by atoms with Crippen LogP contribution in [-0.2, 0) is 16.4 Å². The molecular weight excluding hydrogens is 792 g/mol. The second kappa shape index (κ2) is 16.3. The molecule has 308 valence electrons. The maximum Gasteiger partial charge on any atom is 0.277 e. The molecule has 59 heavy (non-hydrogen) atoms. The molecule has 1 aliphatic carbocycles. The van der Waals surface area contributed by atoms with Gasteiger partial charge in [0.1, 0.15) is 22.9 Å². The van der Waals surface area contributed by atoms with Crippen LogP contribution < -0.4 is 19.1 Å². The van der Waals surface area contributed by atoms with Gasteiger partial charge >= 0.3 is 0 Å². The Bertz CT molecular complexity index is 2560. The Labute approximate surface area is 348 Å². The van der Waals surface area contributed by atoms with Crippen molar-refractivity contribution in [1.82, 2.24) is 19.6 Å². The van der Waals surface area contributed by atoms with Crippen molar-refractivity contribution in [2.45, 2.75) is 57.8 Å². The largest absolute Gasteiger partial charge is 0.493 e. The summed E-state index contributed by atoms with van der Waals surface area (Å²) in [6.45, 7) is 10.9. The van der Waals surface area contributed by atoms with E-state index in [1.54, 1.807) is 30.5 Å². The highest BCUT2D eigenvalue weighted by Crippen LogP contribution is 2.44. The molecule has 5 aromatic rings. The molecule has 1 amide bonds. The number of nitrogens with one attached hydrogen (secondary N) is 2. The van der Waals surface area contributed by atoms with Crippen LogP contribution in [0.4, 0.5) is 11.4 Å². The lowest BCUT2D eigenvalue weighted by Gasteiger charge is -2.39. The van der Waals surface area contributed by atoms with E-state index in [-0.39, 0.29) is 34.1 Å². The Morgan fingerprint density at radius 3 is 2.61 bits per heavy atom. The van der Waals surface area contributed by atoms with Crippen molar-refractivity contribution in [3.8, 4) is 17.2 Å². The molecule has 0 spiro atoms. The summed E-state index contributed by atoms with van der Waals surface area (Å²) in [5.74, 6) is -0.284. The number of anilines is 1. The van der Waals surface area contributed by atoms with Gasteiger partial charge in [0, 0.05) is 73.2 Å². The zero-order valence-corrected chi connectivity index (χ0v) is 34.9. The Morgan fingerprint density at radius 1 is 1.08 bits per heavy atom. The van der Waals surface area contributed by atoms with Crippen LogP contribution in [0.5, 0.6) is 17.2 Å². The van der Waals surface area contributed by atoms with Gasteiger partial charge in [-0.3, -0.25) is 19.8 Å². The van der Waals surface area contributed by atoms with Crippen molar-refractivity contribution in [1.29, 1.82) is 0 Å². The standard InChI is InChI=1S/C44H47ClN6O7S/c1-4-28-19-37-39(51(53)54)22-35(23-40(37)57-27-28)59(55,56)48-43(52)36-10-9-33(21-41(36)58-34-20-30-12-14-46-42(30)47-25-34)50-17-15-49(16-18-50)26-31-11-13-44(2,3)24-38(31)29-5-7-32(45)8-6-29/h5-10,12,14,20-23,25,28H,4,11,13,15-19,24,26-27H2,1-3H3,(H,46,47)(H,48,52)/t28-/m0/s1. The van der Waals surface area contributed by atoms with E-state index in [9.17, 15) is 23.3 Å². The number of nitro benzene ring substituents is 1. The molecule has 13 nitrogen and oxygen atoms in total. The van der Waals surface area contributed by atoms with Crippen molar-refractivity contribution in [3.63, 3.8) is 0 Å². The number of nitrogens with zero attached hydrogens (tertiary/aromatic N) is 4. The quantitative estimate of drug-likeness (QED) is 0.0973. The summed E-state index contributed by atoms with van der Waals surface area (Å²) in [4.78, 5) is 37.1. The SMILES string of the molecule is CC[C@@H]1COc2cc(S(=O)(=O)NC(=O)c3ccc(N4CCN(CC5=C(c6ccc(Cl)cc6)CC(C)(C)CC5)CC4)cc3Oc3cnc4[nH]ccc4c3)cc([N+](=O)[O-])c2C1. The Balaban J connectivity index is 1.04. The number of sulfonamides is 1. The number of piperazine rings is 1. The first-order chi connectivity index (χ1) is 28.2. The Kier molecular flexibility index (Phi) is 11.2. The average molecular weight is 839 g/mol. The number of allylic oxidation sites excluding steroid dienone is 1. The summed E-state index contributed by atoms with van der Waals surface area (Å²) in [7, 11) is -4.59. The molecule has 0 bridgehead atoms. The number of halogens is 1. The van der Waals surface area contributed by atoms with Crippen LogP contribution >= 0.6 is 11.6 Å². The van der Waals surface area contributed by atoms with Crippen LogP contribution in [0.2, 0.25) is 5.02 Å². The van der Waals surface area contributed by atoms with E-state index in [2.05, 4.69) is 50.5 Å². The van der Waals surface area contributed by atoms with Gasteiger partial charge in [-0.2, -0.15) is 0 Å². The molecule has 0 saturated carbocycles. The highest BCUT2D eigenvalue weighted by atomic mass is 35.5. The third-order valence-corrected chi connectivity index (χ3v) is 13.3. The Morgan fingerprint density at radius 2 is 1.86 bits per heavy atom. The molecule has 1 fully saturated rings. The number of nitro groups is 1. The summed E-state index contributed by atoms with van der Waals surface area (Å²) in [6.07, 6.45) is 7.63. The third-order valence-electron chi connectivity index (χ3n) is 11.8. The van der Waals surface area contributed by atoms with Crippen LogP contribution in [0.1, 0.15) is 67.9 Å². The molecule has 4 heterocycles. The highest BCUT2D eigenvalue weighted by Gasteiger charge is 2.33. The second-order valence-electron chi connectivity index (χ2n) is 16.5. The van der Waals surface area contributed by atoms with Gasteiger partial charge in [-0.1, -0.05) is 50.1 Å². The molecule has 3 aromatic carbocycles. The van der Waals surface area contributed by atoms with Crippen LogP contribution in [0.15, 0.2) is 89.6 Å². The van der Waals surface area contributed by atoms with Crippen molar-refractivity contribution >= 4 is 55.5 Å². The monoisotopic (exact) mass is 838 g/mol. The molecule has 2 N–H and O–H groups in total. The first-order valence-electron chi connectivity index (χ1n) is 20.0. The van der Waals surface area contributed by atoms with E-state index in [4.69, 9.17) is 21.1 Å². The molecule has 3 aliphatic rings. The van der Waals surface area contributed by atoms with Crippen molar-refractivity contribution in [2.24, 2.45) is 11.3 Å². The minimum Gasteiger partial charge on any atom is -0.493 e. The number of pyridine rings is 1. The maximum atomic E-state index is 13.9. The first-order valence-corrected chi connectivity index (χ1v) is 21.8. The lowest BCUT2D eigenvalue weighted by Crippen LogP contribution is -2.47. The summed E-state index contributed by atoms with van der Waals surface area (Å²) in [6, 6.07) is 19.1. The van der Waals surface area contributed by atoms with Crippen LogP contribution in [0.25, 0.3) is 16.6 Å². The fraction of sp³-hybridized carbons (Fsp3) is 0.364. The number of fused-ring (bicyclic) bond motifs is 2. The van der Waals surface area contributed by atoms with Gasteiger partial charge in [0.05, 0.1) is 33.7 Å². The summed E-state index contributed by atoms with van der Waals surface area (Å²) < 4.78 is 41.7. The number of hydrogen-bond acceptors (Lipinski definition) is 10. The number of carbonyl (C=O) groups is 1. The summed E-state index contributed by atoms with van der Waals surface area (Å²) >= 11 is 6.23. The van der Waals surface area contributed by atoms with Crippen molar-refractivity contribution in [2.75, 3.05) is 44.2 Å². The number of benzene rings is 3. The van der Waals surface area contributed by atoms with Gasteiger partial charge in [0.15, 0.2) is 0 Å². The fourth-order valence-corrected chi connectivity index (χ4v) is 9.42. The molecule has 2 aromatic heterocycles. The van der Waals surface area contributed by atoms with Crippen LogP contribution in [-0.4, -0.2) is 73.4 Å². The molecule has 0 radical (unpaired) electrons. The molecule has 8 rings (SSSR count). The lowest BCUT2D eigenvalue weighted by atomic mass is 9.72. The molecule has 1 atom stereocenters. The van der Waals surface area contributed by atoms with Gasteiger partial charge in [-0.25, -0.2) is 18.1 Å². The number of H-pyrrole nitrogens is 1. The molecule has 1 saturated heterocycles. The van der Waals surface area contributed by atoms with E-state index in [0.29, 0.717) is 30.0 Å². The number of aromatic nitrogens is 2. The summed E-state index contributed by atoms with van der Waals surface area (Å²) in [5.41, 5.74) is 5.74. The molecular formula is C44H47ClN6O7S. The zero-order valence-electron chi connectivity index (χ0n) is 33.3. The smallest absolute Gasteiger partial charge is 0.277 e. The zero-order chi connectivity index (χ0) is 41.5. The number of hydrogen-bond donors (Lipinski definition) is 2. The topological polar surface area (TPSA) is 160 Å². The fourth-order valence-electron chi connectivity index (χ4n) is 8.29. The number of ether oxygens (including phenoxy) is 2. The summed E-state index contributed by atoms with van der Waals surface area (Å²) in [5, 5.41) is 13.6. The minimum atomic E-state index is -4.59. The van der Waals surface area contributed by atoms with Gasteiger partial charge < -0.3 is 19.4 Å². The van der Waals surface area contributed by atoms with Crippen molar-refractivity contribution in [3.05, 3.63) is 117 Å². The van der Waals surface area contributed by atoms with Crippen LogP contribution in [0.3, 0.4) is 0 Å². The number of aromatic amines is 1. The second-order valence-corrected chi connectivity index (χ2v) is 18.6. The minimum absolute atomic E-state index is 0.0403. The van der Waals surface area contributed by atoms with Crippen molar-refractivity contribution < 1.29 is 27.6 Å². The third kappa shape index (κ3) is 8.80. The van der Waals surface area contributed by atoms with E-state index >= 15 is 0 Å². The van der Waals surface area contributed by atoms with Gasteiger partial charge in [-0.15, -0.1) is 0 Å². The normalized spacial score (nSPS) is 18.3. The predicted octanol–water partition coefficient (Wildman–Crippen LogP) is 8.78. The maximum absolute atomic E-state index is 13.9. The predicted molar refractivity (Wildman–Crippen MR) is 228 cm³/mol. The lowest BCUT2D eigenvalue weighted by molar-refractivity contribution is -0.386. The number of amides is 1. The van der Waals surface area contributed by atoms with Crippen LogP contribution in [0, 0.1) is 21.4 Å². The van der Waals surface area contributed by atoms with E-state index < -0.39 is 25.7 Å². The highest BCUT2D eigenvalue weighted by molar-refractivity contribution is 7.90. The van der Waals surface area contributed by atoms with E-state index in [1.165, 1.54) is 29.0 Å². The van der Waals surface area contributed by atoms with Gasteiger partial charge in [-0.05, 0) is 91.0 Å². The molecule has 2 aliphatic heterocycles. The van der Waals surface area contributed by atoms with Gasteiger partial charge in [0.25, 0.3) is 21.6 Å². The van der Waals surface area contributed by atoms with E-state index in [0.717, 1.165) is 80.6 Å². The first kappa shape index (κ1) is 40.3.